The fourth-order valence-electron chi connectivity index (χ4n) is 3.68. The number of rotatable bonds is 3. The number of piperidine rings is 1. The van der Waals surface area contributed by atoms with Gasteiger partial charge in [-0.1, -0.05) is 19.8 Å². The van der Waals surface area contributed by atoms with Crippen LogP contribution in [-0.2, 0) is 4.79 Å². The number of aliphatic carboxylic acids is 1. The Morgan fingerprint density at radius 3 is 2.76 bits per heavy atom. The monoisotopic (exact) mass is 296 g/mol. The van der Waals surface area contributed by atoms with Crippen LogP contribution in [0.3, 0.4) is 0 Å². The number of carboxylic acid groups (broad SMARTS) is 1. The van der Waals surface area contributed by atoms with Gasteiger partial charge < -0.3 is 15.3 Å². The van der Waals surface area contributed by atoms with Crippen molar-refractivity contribution in [3.05, 3.63) is 0 Å². The molecule has 2 amide bonds. The summed E-state index contributed by atoms with van der Waals surface area (Å²) in [6, 6.07) is -0.0969. The van der Waals surface area contributed by atoms with Crippen molar-refractivity contribution < 1.29 is 14.7 Å². The number of hydrogen-bond donors (Lipinski definition) is 2. The van der Waals surface area contributed by atoms with E-state index in [2.05, 4.69) is 12.2 Å². The molecule has 2 aliphatic rings. The Kier molecular flexibility index (Phi) is 5.12. The fraction of sp³-hybridized carbons (Fsp3) is 0.875. The van der Waals surface area contributed by atoms with Crippen LogP contribution in [0.15, 0.2) is 0 Å². The third kappa shape index (κ3) is 4.11. The van der Waals surface area contributed by atoms with Crippen molar-refractivity contribution in [2.75, 3.05) is 19.6 Å². The van der Waals surface area contributed by atoms with E-state index in [1.54, 1.807) is 11.8 Å². The molecular weight excluding hydrogens is 268 g/mol. The summed E-state index contributed by atoms with van der Waals surface area (Å²) in [7, 11) is 0. The summed E-state index contributed by atoms with van der Waals surface area (Å²) in [4.78, 5) is 25.3. The van der Waals surface area contributed by atoms with Crippen molar-refractivity contribution in [1.29, 1.82) is 0 Å². The Hall–Kier alpha value is -1.26. The van der Waals surface area contributed by atoms with E-state index in [1.807, 2.05) is 0 Å². The predicted molar refractivity (Wildman–Crippen MR) is 81.1 cm³/mol. The lowest BCUT2D eigenvalue weighted by atomic mass is 9.82. The highest BCUT2D eigenvalue weighted by Gasteiger charge is 2.39. The molecule has 2 fully saturated rings. The van der Waals surface area contributed by atoms with Gasteiger partial charge in [-0.25, -0.2) is 4.79 Å². The first-order valence-electron chi connectivity index (χ1n) is 8.17. The lowest BCUT2D eigenvalue weighted by Crippen LogP contribution is -2.52. The van der Waals surface area contributed by atoms with Crippen LogP contribution in [0.4, 0.5) is 4.79 Å². The molecule has 120 valence electrons. The first-order chi connectivity index (χ1) is 9.90. The smallest absolute Gasteiger partial charge is 0.317 e. The first-order valence-corrected chi connectivity index (χ1v) is 8.17. The number of hydrogen-bond acceptors (Lipinski definition) is 2. The normalized spacial score (nSPS) is 33.5. The lowest BCUT2D eigenvalue weighted by molar-refractivity contribution is -0.150. The Balaban J connectivity index is 1.81. The molecule has 1 saturated carbocycles. The van der Waals surface area contributed by atoms with E-state index in [4.69, 9.17) is 0 Å². The summed E-state index contributed by atoms with van der Waals surface area (Å²) in [6.45, 7) is 5.71. The summed E-state index contributed by atoms with van der Waals surface area (Å²) in [5.74, 6) is 0.528. The van der Waals surface area contributed by atoms with E-state index >= 15 is 0 Å². The molecule has 3 unspecified atom stereocenters. The van der Waals surface area contributed by atoms with Crippen LogP contribution in [-0.4, -0.2) is 41.6 Å². The second-order valence-electron chi connectivity index (χ2n) is 7.21. The highest BCUT2D eigenvalue weighted by atomic mass is 16.4. The van der Waals surface area contributed by atoms with Crippen molar-refractivity contribution in [1.82, 2.24) is 10.2 Å². The van der Waals surface area contributed by atoms with Crippen molar-refractivity contribution in [2.45, 2.75) is 52.4 Å². The minimum absolute atomic E-state index is 0.0969. The molecule has 1 aliphatic heterocycles. The highest BCUT2D eigenvalue weighted by molar-refractivity contribution is 5.78. The average molecular weight is 296 g/mol. The molecule has 0 aromatic rings. The van der Waals surface area contributed by atoms with E-state index in [0.29, 0.717) is 25.4 Å². The van der Waals surface area contributed by atoms with Gasteiger partial charge in [0, 0.05) is 19.6 Å². The minimum atomic E-state index is -0.805. The van der Waals surface area contributed by atoms with Crippen molar-refractivity contribution in [2.24, 2.45) is 17.3 Å². The van der Waals surface area contributed by atoms with Crippen molar-refractivity contribution in [3.8, 4) is 0 Å². The van der Waals surface area contributed by atoms with Crippen molar-refractivity contribution >= 4 is 12.0 Å². The molecule has 0 radical (unpaired) electrons. The predicted octanol–water partition coefficient (Wildman–Crippen LogP) is 2.71. The summed E-state index contributed by atoms with van der Waals surface area (Å²) < 4.78 is 0. The summed E-state index contributed by atoms with van der Waals surface area (Å²) in [5, 5.41) is 12.3. The largest absolute Gasteiger partial charge is 0.481 e. The second kappa shape index (κ2) is 6.67. The van der Waals surface area contributed by atoms with E-state index < -0.39 is 11.4 Å². The number of carbonyl (C=O) groups excluding carboxylic acids is 1. The van der Waals surface area contributed by atoms with E-state index in [0.717, 1.165) is 18.9 Å². The van der Waals surface area contributed by atoms with Crippen LogP contribution < -0.4 is 5.32 Å². The number of amides is 2. The molecule has 0 bridgehead atoms. The summed E-state index contributed by atoms with van der Waals surface area (Å²) in [6.07, 6.45) is 6.34. The number of nitrogens with one attached hydrogen (secondary N) is 1. The van der Waals surface area contributed by atoms with Gasteiger partial charge in [-0.3, -0.25) is 4.79 Å². The Labute approximate surface area is 127 Å². The maximum atomic E-state index is 12.3. The topological polar surface area (TPSA) is 69.6 Å². The Morgan fingerprint density at radius 2 is 2.10 bits per heavy atom. The third-order valence-electron chi connectivity index (χ3n) is 5.09. The zero-order valence-corrected chi connectivity index (χ0v) is 13.2. The van der Waals surface area contributed by atoms with Gasteiger partial charge in [0.2, 0.25) is 0 Å². The molecule has 0 aromatic carbocycles. The molecule has 1 saturated heterocycles. The van der Waals surface area contributed by atoms with Gasteiger partial charge in [-0.15, -0.1) is 0 Å². The lowest BCUT2D eigenvalue weighted by Gasteiger charge is -2.37. The second-order valence-corrected chi connectivity index (χ2v) is 7.21. The van der Waals surface area contributed by atoms with E-state index in [1.165, 1.54) is 25.7 Å². The average Bonchev–Trinajstić information content (AvgIpc) is 2.45. The van der Waals surface area contributed by atoms with Crippen LogP contribution in [0.5, 0.6) is 0 Å². The standard InChI is InChI=1S/C16H28N2O3/c1-12-5-3-6-13(9-12)10-17-15(21)18-8-4-7-16(2,11-18)14(19)20/h12-13H,3-11H2,1-2H3,(H,17,21)(H,19,20). The van der Waals surface area contributed by atoms with Gasteiger partial charge in [0.05, 0.1) is 5.41 Å². The van der Waals surface area contributed by atoms with E-state index in [9.17, 15) is 14.7 Å². The molecule has 0 spiro atoms. The van der Waals surface area contributed by atoms with Crippen molar-refractivity contribution in [3.63, 3.8) is 0 Å². The first kappa shape index (κ1) is 16.1. The maximum Gasteiger partial charge on any atom is 0.317 e. The molecular formula is C16H28N2O3. The molecule has 3 atom stereocenters. The highest BCUT2D eigenvalue weighted by Crippen LogP contribution is 2.30. The quantitative estimate of drug-likeness (QED) is 0.841. The zero-order chi connectivity index (χ0) is 15.5. The van der Waals surface area contributed by atoms with Gasteiger partial charge >= 0.3 is 12.0 Å². The molecule has 0 aromatic heterocycles. The summed E-state index contributed by atoms with van der Waals surface area (Å²) >= 11 is 0. The van der Waals surface area contributed by atoms with Crippen LogP contribution in [0.25, 0.3) is 0 Å². The molecule has 21 heavy (non-hydrogen) atoms. The molecule has 1 heterocycles. The molecule has 2 N–H and O–H groups in total. The maximum absolute atomic E-state index is 12.3. The SMILES string of the molecule is CC1CCCC(CNC(=O)N2CCCC(C)(C(=O)O)C2)C1. The Morgan fingerprint density at radius 1 is 1.33 bits per heavy atom. The number of nitrogens with zero attached hydrogens (tertiary/aromatic N) is 1. The number of carbonyl (C=O) groups is 2. The number of carboxylic acids is 1. The fourth-order valence-corrected chi connectivity index (χ4v) is 3.68. The van der Waals surface area contributed by atoms with Crippen LogP contribution in [0.1, 0.15) is 52.4 Å². The zero-order valence-electron chi connectivity index (χ0n) is 13.2. The molecule has 5 heteroatoms. The van der Waals surface area contributed by atoms with Crippen LogP contribution >= 0.6 is 0 Å². The van der Waals surface area contributed by atoms with Crippen LogP contribution in [0.2, 0.25) is 0 Å². The van der Waals surface area contributed by atoms with Gasteiger partial charge in [-0.05, 0) is 44.4 Å². The van der Waals surface area contributed by atoms with Gasteiger partial charge in [0.1, 0.15) is 0 Å². The third-order valence-corrected chi connectivity index (χ3v) is 5.09. The van der Waals surface area contributed by atoms with E-state index in [-0.39, 0.29) is 6.03 Å². The molecule has 5 nitrogen and oxygen atoms in total. The number of likely N-dealkylation sites (tertiary alicyclic amines) is 1. The molecule has 1 aliphatic carbocycles. The minimum Gasteiger partial charge on any atom is -0.481 e. The van der Waals surface area contributed by atoms with Gasteiger partial charge in [0.15, 0.2) is 0 Å². The molecule has 2 rings (SSSR count). The van der Waals surface area contributed by atoms with Crippen LogP contribution in [0, 0.1) is 17.3 Å². The van der Waals surface area contributed by atoms with Gasteiger partial charge in [0.25, 0.3) is 0 Å². The summed E-state index contributed by atoms with van der Waals surface area (Å²) in [5.41, 5.74) is -0.797. The Bertz CT molecular complexity index is 399. The number of urea groups is 1. The van der Waals surface area contributed by atoms with Gasteiger partial charge in [-0.2, -0.15) is 0 Å².